The number of benzene rings is 3. The van der Waals surface area contributed by atoms with Crippen LogP contribution in [0.1, 0.15) is 18.1 Å². The summed E-state index contributed by atoms with van der Waals surface area (Å²) < 4.78 is 12.8. The Hall–Kier alpha value is -2.63. The summed E-state index contributed by atoms with van der Waals surface area (Å²) in [7, 11) is 0. The Labute approximate surface area is 240 Å². The molecule has 0 spiro atoms. The first kappa shape index (κ1) is 27.4. The fourth-order valence-electron chi connectivity index (χ4n) is 3.43. The van der Waals surface area contributed by atoms with Crippen LogP contribution in [0.15, 0.2) is 64.0 Å². The van der Waals surface area contributed by atoms with Gasteiger partial charge in [0.1, 0.15) is 6.61 Å². The molecule has 1 saturated heterocycles. The van der Waals surface area contributed by atoms with Crippen molar-refractivity contribution in [2.75, 3.05) is 11.5 Å². The number of hydrogen-bond donors (Lipinski definition) is 0. The molecule has 1 aliphatic heterocycles. The van der Waals surface area contributed by atoms with Gasteiger partial charge in [-0.1, -0.05) is 53.2 Å². The predicted molar refractivity (Wildman–Crippen MR) is 155 cm³/mol. The number of anilines is 1. The molecule has 0 unspecified atom stereocenters. The van der Waals surface area contributed by atoms with E-state index in [1.165, 1.54) is 29.2 Å². The second kappa shape index (κ2) is 11.8. The number of amides is 1. The minimum absolute atomic E-state index is 0.0707. The number of nitrogens with zero attached hydrogens (tertiary/aromatic N) is 2. The molecule has 0 radical (unpaired) electrons. The van der Waals surface area contributed by atoms with Crippen LogP contribution in [0, 0.1) is 10.1 Å². The number of halogens is 3. The summed E-state index contributed by atoms with van der Waals surface area (Å²) in [6.45, 7) is 2.45. The standard InChI is InChI=1S/C25H17BrCl2N2O5S2/c1-2-34-21-10-14(9-19(26)23(21)35-13-15-3-4-16(27)12-20(15)28)11-22-24(31)29(25(36)37-22)17-5-7-18(8-6-17)30(32)33/h3-12H,2,13H2,1H3/b22-11+. The number of ether oxygens (including phenoxy) is 2. The third-order valence-electron chi connectivity index (χ3n) is 5.13. The van der Waals surface area contributed by atoms with E-state index >= 15 is 0 Å². The maximum absolute atomic E-state index is 13.1. The topological polar surface area (TPSA) is 81.9 Å². The van der Waals surface area contributed by atoms with E-state index in [-0.39, 0.29) is 18.2 Å². The van der Waals surface area contributed by atoms with Crippen LogP contribution in [0.3, 0.4) is 0 Å². The van der Waals surface area contributed by atoms with E-state index in [4.69, 9.17) is 44.9 Å². The number of carbonyl (C=O) groups excluding carboxylic acids is 1. The molecule has 1 aliphatic rings. The van der Waals surface area contributed by atoms with Crippen LogP contribution in [-0.2, 0) is 11.4 Å². The van der Waals surface area contributed by atoms with Gasteiger partial charge in [-0.2, -0.15) is 0 Å². The number of rotatable bonds is 8. The van der Waals surface area contributed by atoms with Crippen LogP contribution in [0.4, 0.5) is 11.4 Å². The van der Waals surface area contributed by atoms with Crippen molar-refractivity contribution in [3.63, 3.8) is 0 Å². The molecule has 1 amide bonds. The fraction of sp³-hybridized carbons (Fsp3) is 0.120. The number of nitro benzene ring substituents is 1. The average Bonchev–Trinajstić information content (AvgIpc) is 3.12. The molecule has 0 aliphatic carbocycles. The van der Waals surface area contributed by atoms with E-state index in [0.29, 0.717) is 53.1 Å². The first-order valence-electron chi connectivity index (χ1n) is 10.7. The summed E-state index contributed by atoms with van der Waals surface area (Å²) in [6, 6.07) is 14.4. The monoisotopic (exact) mass is 638 g/mol. The molecule has 3 aromatic rings. The summed E-state index contributed by atoms with van der Waals surface area (Å²) >= 11 is 22.3. The zero-order valence-electron chi connectivity index (χ0n) is 19.1. The lowest BCUT2D eigenvalue weighted by Gasteiger charge is -2.15. The molecule has 4 rings (SSSR count). The minimum Gasteiger partial charge on any atom is -0.490 e. The molecular formula is C25H17BrCl2N2O5S2. The molecule has 3 aromatic carbocycles. The highest BCUT2D eigenvalue weighted by molar-refractivity contribution is 9.10. The van der Waals surface area contributed by atoms with Gasteiger partial charge in [-0.05, 0) is 70.9 Å². The molecule has 0 saturated carbocycles. The van der Waals surface area contributed by atoms with E-state index in [0.717, 1.165) is 17.3 Å². The van der Waals surface area contributed by atoms with Crippen LogP contribution < -0.4 is 14.4 Å². The molecule has 1 heterocycles. The largest absolute Gasteiger partial charge is 0.490 e. The van der Waals surface area contributed by atoms with Gasteiger partial charge in [0, 0.05) is 27.7 Å². The third kappa shape index (κ3) is 6.27. The van der Waals surface area contributed by atoms with Gasteiger partial charge in [-0.25, -0.2) is 0 Å². The normalized spacial score (nSPS) is 14.4. The maximum atomic E-state index is 13.1. The van der Waals surface area contributed by atoms with Crippen molar-refractivity contribution < 1.29 is 19.2 Å². The van der Waals surface area contributed by atoms with Crippen molar-refractivity contribution >= 4 is 90.8 Å². The lowest BCUT2D eigenvalue weighted by atomic mass is 10.1. The van der Waals surface area contributed by atoms with Gasteiger partial charge >= 0.3 is 0 Å². The van der Waals surface area contributed by atoms with Crippen LogP contribution in [0.25, 0.3) is 6.08 Å². The average molecular weight is 640 g/mol. The summed E-state index contributed by atoms with van der Waals surface area (Å²) in [5, 5.41) is 12.0. The molecular weight excluding hydrogens is 623 g/mol. The van der Waals surface area contributed by atoms with Gasteiger partial charge < -0.3 is 9.47 Å². The highest BCUT2D eigenvalue weighted by Crippen LogP contribution is 2.41. The molecule has 0 atom stereocenters. The van der Waals surface area contributed by atoms with Gasteiger partial charge in [0.25, 0.3) is 11.6 Å². The third-order valence-corrected chi connectivity index (χ3v) is 7.61. The number of non-ortho nitro benzene ring substituents is 1. The van der Waals surface area contributed by atoms with E-state index in [2.05, 4.69) is 15.9 Å². The number of thioether (sulfide) groups is 1. The number of carbonyl (C=O) groups is 1. The first-order chi connectivity index (χ1) is 17.7. The fourth-order valence-corrected chi connectivity index (χ4v) is 5.76. The van der Waals surface area contributed by atoms with Crippen molar-refractivity contribution in [3.05, 3.63) is 95.3 Å². The highest BCUT2D eigenvalue weighted by atomic mass is 79.9. The van der Waals surface area contributed by atoms with Crippen LogP contribution in [0.5, 0.6) is 11.5 Å². The van der Waals surface area contributed by atoms with Crippen molar-refractivity contribution in [2.24, 2.45) is 0 Å². The van der Waals surface area contributed by atoms with E-state index in [9.17, 15) is 14.9 Å². The number of nitro groups is 1. The molecule has 0 N–H and O–H groups in total. The van der Waals surface area contributed by atoms with E-state index < -0.39 is 4.92 Å². The SMILES string of the molecule is CCOc1cc(/C=C2/SC(=S)N(c3ccc([N+](=O)[O-])cc3)C2=O)cc(Br)c1OCc1ccc(Cl)cc1Cl. The van der Waals surface area contributed by atoms with Gasteiger partial charge in [0.15, 0.2) is 15.8 Å². The Balaban J connectivity index is 1.59. The van der Waals surface area contributed by atoms with Gasteiger partial charge in [-0.15, -0.1) is 0 Å². The summed E-state index contributed by atoms with van der Waals surface area (Å²) in [5.74, 6) is 0.651. The van der Waals surface area contributed by atoms with Crippen LogP contribution in [-0.4, -0.2) is 21.8 Å². The van der Waals surface area contributed by atoms with Crippen molar-refractivity contribution in [1.29, 1.82) is 0 Å². The lowest BCUT2D eigenvalue weighted by Crippen LogP contribution is -2.27. The number of hydrogen-bond acceptors (Lipinski definition) is 7. The molecule has 7 nitrogen and oxygen atoms in total. The summed E-state index contributed by atoms with van der Waals surface area (Å²) in [5.41, 5.74) is 1.84. The summed E-state index contributed by atoms with van der Waals surface area (Å²) in [4.78, 5) is 25.3. The molecule has 0 aromatic heterocycles. The van der Waals surface area contributed by atoms with Crippen LogP contribution >= 0.6 is 63.1 Å². The molecule has 190 valence electrons. The van der Waals surface area contributed by atoms with Gasteiger partial charge in [0.2, 0.25) is 0 Å². The Kier molecular flexibility index (Phi) is 8.76. The molecule has 37 heavy (non-hydrogen) atoms. The summed E-state index contributed by atoms with van der Waals surface area (Å²) in [6.07, 6.45) is 1.71. The van der Waals surface area contributed by atoms with Gasteiger partial charge in [-0.3, -0.25) is 19.8 Å². The Morgan fingerprint density at radius 3 is 2.51 bits per heavy atom. The Bertz CT molecular complexity index is 1430. The Morgan fingerprint density at radius 1 is 1.14 bits per heavy atom. The predicted octanol–water partition coefficient (Wildman–Crippen LogP) is 8.05. The maximum Gasteiger partial charge on any atom is 0.270 e. The van der Waals surface area contributed by atoms with Crippen molar-refractivity contribution in [3.8, 4) is 11.5 Å². The van der Waals surface area contributed by atoms with E-state index in [1.807, 2.05) is 6.92 Å². The Morgan fingerprint density at radius 2 is 1.86 bits per heavy atom. The van der Waals surface area contributed by atoms with E-state index in [1.54, 1.807) is 36.4 Å². The highest BCUT2D eigenvalue weighted by Gasteiger charge is 2.33. The molecule has 12 heteroatoms. The van der Waals surface area contributed by atoms with Crippen molar-refractivity contribution in [2.45, 2.75) is 13.5 Å². The lowest BCUT2D eigenvalue weighted by molar-refractivity contribution is -0.384. The molecule has 1 fully saturated rings. The second-order valence-electron chi connectivity index (χ2n) is 7.58. The van der Waals surface area contributed by atoms with Gasteiger partial charge in [0.05, 0.1) is 26.6 Å². The first-order valence-corrected chi connectivity index (χ1v) is 13.5. The van der Waals surface area contributed by atoms with Crippen LogP contribution in [0.2, 0.25) is 10.0 Å². The number of thiocarbonyl (C=S) groups is 1. The minimum atomic E-state index is -0.501. The zero-order chi connectivity index (χ0) is 26.7. The molecule has 0 bridgehead atoms. The smallest absolute Gasteiger partial charge is 0.270 e. The quantitative estimate of drug-likeness (QED) is 0.107. The zero-order valence-corrected chi connectivity index (χ0v) is 23.8. The second-order valence-corrected chi connectivity index (χ2v) is 11.0. The van der Waals surface area contributed by atoms with Crippen molar-refractivity contribution in [1.82, 2.24) is 0 Å².